The molecule has 0 fully saturated rings. The van der Waals surface area contributed by atoms with Gasteiger partial charge in [-0.05, 0) is 20.3 Å². The van der Waals surface area contributed by atoms with Crippen LogP contribution in [0.1, 0.15) is 27.2 Å². The molecule has 0 aromatic carbocycles. The van der Waals surface area contributed by atoms with Crippen molar-refractivity contribution in [3.05, 3.63) is 0 Å². The number of carboxylic acid groups (broad SMARTS) is 1. The molecule has 4 nitrogen and oxygen atoms in total. The van der Waals surface area contributed by atoms with Gasteiger partial charge in [0, 0.05) is 6.04 Å². The summed E-state index contributed by atoms with van der Waals surface area (Å²) in [6.45, 7) is 5.49. The maximum atomic E-state index is 9.57. The number of aliphatic carboxylic acids is 1. The molecule has 0 heterocycles. The van der Waals surface area contributed by atoms with E-state index in [0.29, 0.717) is 6.04 Å². The quantitative estimate of drug-likeness (QED) is 0.539. The summed E-state index contributed by atoms with van der Waals surface area (Å²) in [5.41, 5.74) is 10.1. The van der Waals surface area contributed by atoms with Gasteiger partial charge in [-0.25, -0.2) is 0 Å². The highest BCUT2D eigenvalue weighted by Gasteiger charge is 1.99. The summed E-state index contributed by atoms with van der Waals surface area (Å²) in [6.07, 6.45) is 1.08. The number of carbonyl (C=O) groups is 1. The lowest BCUT2D eigenvalue weighted by molar-refractivity contribution is -0.138. The van der Waals surface area contributed by atoms with Gasteiger partial charge in [-0.15, -0.1) is 0 Å². The van der Waals surface area contributed by atoms with Gasteiger partial charge in [-0.1, -0.05) is 6.92 Å². The van der Waals surface area contributed by atoms with Crippen LogP contribution < -0.4 is 11.5 Å². The van der Waals surface area contributed by atoms with Crippen molar-refractivity contribution in [1.82, 2.24) is 0 Å². The molecule has 0 aromatic rings. The third-order valence-corrected chi connectivity index (χ3v) is 1.03. The molecule has 0 spiro atoms. The molecule has 0 rings (SSSR count). The molecular formula is C7H18N2O2. The number of rotatable bonds is 2. The normalized spacial score (nSPS) is 14.3. The Morgan fingerprint density at radius 2 is 1.64 bits per heavy atom. The highest BCUT2D eigenvalue weighted by atomic mass is 16.4. The number of carboxylic acids is 1. The Kier molecular flexibility index (Phi) is 8.87. The van der Waals surface area contributed by atoms with Gasteiger partial charge < -0.3 is 16.6 Å². The molecule has 2 atom stereocenters. The monoisotopic (exact) mass is 162 g/mol. The van der Waals surface area contributed by atoms with Crippen LogP contribution in [0.2, 0.25) is 0 Å². The maximum absolute atomic E-state index is 9.57. The molecular weight excluding hydrogens is 144 g/mol. The van der Waals surface area contributed by atoms with Crippen LogP contribution in [0.3, 0.4) is 0 Å². The fraction of sp³-hybridized carbons (Fsp3) is 0.857. The summed E-state index contributed by atoms with van der Waals surface area (Å²) in [6, 6.07) is -0.347. The molecule has 0 amide bonds. The molecule has 0 aliphatic heterocycles. The smallest absolute Gasteiger partial charge is 0.320 e. The molecule has 0 aliphatic carbocycles. The lowest BCUT2D eigenvalue weighted by Crippen LogP contribution is -2.25. The van der Waals surface area contributed by atoms with Crippen LogP contribution in [-0.2, 0) is 4.79 Å². The van der Waals surface area contributed by atoms with Crippen molar-refractivity contribution in [3.8, 4) is 0 Å². The molecule has 0 bridgehead atoms. The van der Waals surface area contributed by atoms with Crippen molar-refractivity contribution in [3.63, 3.8) is 0 Å². The number of nitrogens with two attached hydrogens (primary N) is 2. The van der Waals surface area contributed by atoms with Crippen LogP contribution in [0.5, 0.6) is 0 Å². The zero-order valence-corrected chi connectivity index (χ0v) is 7.37. The van der Waals surface area contributed by atoms with E-state index in [1.165, 1.54) is 6.92 Å². The van der Waals surface area contributed by atoms with Crippen LogP contribution in [0.25, 0.3) is 0 Å². The van der Waals surface area contributed by atoms with E-state index in [0.717, 1.165) is 6.42 Å². The fourth-order valence-electron chi connectivity index (χ4n) is 0. The summed E-state index contributed by atoms with van der Waals surface area (Å²) in [7, 11) is 0. The molecule has 0 saturated carbocycles. The van der Waals surface area contributed by atoms with Gasteiger partial charge in [0.05, 0.1) is 0 Å². The van der Waals surface area contributed by atoms with E-state index in [4.69, 9.17) is 16.6 Å². The second-order valence-corrected chi connectivity index (χ2v) is 2.51. The average molecular weight is 162 g/mol. The summed E-state index contributed by atoms with van der Waals surface area (Å²) in [4.78, 5) is 9.57. The van der Waals surface area contributed by atoms with E-state index in [2.05, 4.69) is 6.92 Å². The first kappa shape index (κ1) is 13.0. The zero-order chi connectivity index (χ0) is 9.44. The predicted octanol–water partition coefficient (Wildman–Crippen LogP) is 0.162. The van der Waals surface area contributed by atoms with E-state index in [-0.39, 0.29) is 0 Å². The molecule has 0 saturated heterocycles. The van der Waals surface area contributed by atoms with Crippen LogP contribution >= 0.6 is 0 Å². The first-order valence-corrected chi connectivity index (χ1v) is 3.65. The zero-order valence-electron chi connectivity index (χ0n) is 7.37. The SMILES string of the molecule is CC(N)C(=O)O.CCC(C)N. The second-order valence-electron chi connectivity index (χ2n) is 2.51. The molecule has 0 radical (unpaired) electrons. The second kappa shape index (κ2) is 7.50. The lowest BCUT2D eigenvalue weighted by Gasteiger charge is -1.91. The minimum atomic E-state index is -0.963. The third-order valence-electron chi connectivity index (χ3n) is 1.03. The Morgan fingerprint density at radius 3 is 1.64 bits per heavy atom. The molecule has 0 aliphatic rings. The fourth-order valence-corrected chi connectivity index (χ4v) is 0. The van der Waals surface area contributed by atoms with Crippen molar-refractivity contribution < 1.29 is 9.90 Å². The molecule has 68 valence electrons. The predicted molar refractivity (Wildman–Crippen MR) is 45.2 cm³/mol. The molecule has 5 N–H and O–H groups in total. The first-order valence-electron chi connectivity index (χ1n) is 3.65. The van der Waals surface area contributed by atoms with Crippen molar-refractivity contribution in [2.45, 2.75) is 39.3 Å². The largest absolute Gasteiger partial charge is 0.480 e. The number of hydrogen-bond donors (Lipinski definition) is 3. The van der Waals surface area contributed by atoms with Crippen molar-refractivity contribution >= 4 is 5.97 Å². The van der Waals surface area contributed by atoms with Gasteiger partial charge >= 0.3 is 5.97 Å². The molecule has 0 aromatic heterocycles. The van der Waals surface area contributed by atoms with Crippen molar-refractivity contribution in [2.75, 3.05) is 0 Å². The Morgan fingerprint density at radius 1 is 1.45 bits per heavy atom. The van der Waals surface area contributed by atoms with Crippen LogP contribution in [0, 0.1) is 0 Å². The van der Waals surface area contributed by atoms with E-state index in [1.807, 2.05) is 6.92 Å². The van der Waals surface area contributed by atoms with Crippen LogP contribution in [-0.4, -0.2) is 23.2 Å². The van der Waals surface area contributed by atoms with Gasteiger partial charge in [-0.2, -0.15) is 0 Å². The summed E-state index contributed by atoms with van der Waals surface area (Å²) < 4.78 is 0. The Hall–Kier alpha value is -0.610. The standard InChI is InChI=1S/C4H11N.C3H7NO2/c1-3-4(2)5;1-2(4)3(5)6/h4H,3,5H2,1-2H3;2H,4H2,1H3,(H,5,6). The van der Waals surface area contributed by atoms with Gasteiger partial charge in [0.1, 0.15) is 6.04 Å². The van der Waals surface area contributed by atoms with Crippen molar-refractivity contribution in [2.24, 2.45) is 11.5 Å². The Bertz CT molecular complexity index is 103. The summed E-state index contributed by atoms with van der Waals surface area (Å²) >= 11 is 0. The average Bonchev–Trinajstić information content (AvgIpc) is 1.89. The van der Waals surface area contributed by atoms with Crippen LogP contribution in [0.4, 0.5) is 0 Å². The highest BCUT2D eigenvalue weighted by Crippen LogP contribution is 1.77. The van der Waals surface area contributed by atoms with Gasteiger partial charge in [0.15, 0.2) is 0 Å². The molecule has 11 heavy (non-hydrogen) atoms. The Balaban J connectivity index is 0. The maximum Gasteiger partial charge on any atom is 0.320 e. The van der Waals surface area contributed by atoms with Gasteiger partial charge in [-0.3, -0.25) is 4.79 Å². The van der Waals surface area contributed by atoms with Crippen LogP contribution in [0.15, 0.2) is 0 Å². The molecule has 4 heteroatoms. The minimum absolute atomic E-state index is 0.384. The lowest BCUT2D eigenvalue weighted by atomic mass is 10.3. The summed E-state index contributed by atoms with van der Waals surface area (Å²) in [5, 5.41) is 7.87. The van der Waals surface area contributed by atoms with E-state index in [9.17, 15) is 4.79 Å². The van der Waals surface area contributed by atoms with E-state index >= 15 is 0 Å². The van der Waals surface area contributed by atoms with E-state index in [1.54, 1.807) is 0 Å². The van der Waals surface area contributed by atoms with Gasteiger partial charge in [0.2, 0.25) is 0 Å². The first-order chi connectivity index (χ1) is 4.91. The number of hydrogen-bond acceptors (Lipinski definition) is 3. The highest BCUT2D eigenvalue weighted by molar-refractivity contribution is 5.72. The van der Waals surface area contributed by atoms with Crippen molar-refractivity contribution in [1.29, 1.82) is 0 Å². The molecule has 2 unspecified atom stereocenters. The Labute approximate surface area is 67.6 Å². The summed E-state index contributed by atoms with van der Waals surface area (Å²) in [5.74, 6) is -0.963. The topological polar surface area (TPSA) is 89.3 Å². The third kappa shape index (κ3) is 17.7. The van der Waals surface area contributed by atoms with E-state index < -0.39 is 12.0 Å². The van der Waals surface area contributed by atoms with Gasteiger partial charge in [0.25, 0.3) is 0 Å². The minimum Gasteiger partial charge on any atom is -0.480 e.